The number of rotatable bonds is 6. The number of aryl methyl sites for hydroxylation is 2. The largest absolute Gasteiger partial charge is 0.339 e. The van der Waals surface area contributed by atoms with E-state index >= 15 is 0 Å². The second-order valence-corrected chi connectivity index (χ2v) is 7.35. The van der Waals surface area contributed by atoms with Gasteiger partial charge in [0, 0.05) is 23.5 Å². The fourth-order valence-corrected chi connectivity index (χ4v) is 3.44. The molecule has 0 saturated carbocycles. The van der Waals surface area contributed by atoms with Gasteiger partial charge >= 0.3 is 0 Å². The standard InChI is InChI=1S/C18H16Cl2N2OS/c1-12-3-2-4-14(9-12)18-21-17(23-22-18)7-8-24-11-13-5-6-15(19)16(20)10-13/h2-6,9-10H,7-8,11H2,1H3. The highest BCUT2D eigenvalue weighted by molar-refractivity contribution is 7.98. The Kier molecular flexibility index (Phi) is 5.82. The van der Waals surface area contributed by atoms with Crippen molar-refractivity contribution in [3.05, 3.63) is 69.5 Å². The van der Waals surface area contributed by atoms with Crippen LogP contribution < -0.4 is 0 Å². The molecule has 3 nitrogen and oxygen atoms in total. The van der Waals surface area contributed by atoms with Crippen LogP contribution in [-0.4, -0.2) is 15.9 Å². The first kappa shape index (κ1) is 17.3. The summed E-state index contributed by atoms with van der Waals surface area (Å²) in [5.74, 6) is 3.07. The van der Waals surface area contributed by atoms with Crippen molar-refractivity contribution >= 4 is 35.0 Å². The molecular weight excluding hydrogens is 363 g/mol. The van der Waals surface area contributed by atoms with Gasteiger partial charge in [-0.3, -0.25) is 0 Å². The van der Waals surface area contributed by atoms with Gasteiger partial charge in [-0.05, 0) is 30.7 Å². The molecular formula is C18H16Cl2N2OS. The lowest BCUT2D eigenvalue weighted by atomic mass is 10.1. The molecule has 0 radical (unpaired) electrons. The molecule has 0 saturated heterocycles. The van der Waals surface area contributed by atoms with E-state index in [9.17, 15) is 0 Å². The first-order valence-electron chi connectivity index (χ1n) is 7.53. The highest BCUT2D eigenvalue weighted by Crippen LogP contribution is 2.25. The molecule has 24 heavy (non-hydrogen) atoms. The van der Waals surface area contributed by atoms with E-state index in [1.54, 1.807) is 11.8 Å². The predicted octanol–water partition coefficient (Wildman–Crippen LogP) is 5.83. The minimum atomic E-state index is 0.583. The van der Waals surface area contributed by atoms with Crippen LogP contribution in [0.5, 0.6) is 0 Å². The fraction of sp³-hybridized carbons (Fsp3) is 0.222. The van der Waals surface area contributed by atoms with Crippen LogP contribution >= 0.6 is 35.0 Å². The lowest BCUT2D eigenvalue weighted by Gasteiger charge is -2.02. The first-order valence-corrected chi connectivity index (χ1v) is 9.44. The molecule has 0 aliphatic rings. The summed E-state index contributed by atoms with van der Waals surface area (Å²) in [5.41, 5.74) is 3.31. The topological polar surface area (TPSA) is 38.9 Å². The zero-order valence-electron chi connectivity index (χ0n) is 13.1. The number of nitrogens with zero attached hydrogens (tertiary/aromatic N) is 2. The third-order valence-electron chi connectivity index (χ3n) is 3.46. The predicted molar refractivity (Wildman–Crippen MR) is 101 cm³/mol. The minimum absolute atomic E-state index is 0.583. The monoisotopic (exact) mass is 378 g/mol. The van der Waals surface area contributed by atoms with E-state index in [0.717, 1.165) is 29.1 Å². The van der Waals surface area contributed by atoms with E-state index in [1.807, 2.05) is 49.4 Å². The average molecular weight is 379 g/mol. The second kappa shape index (κ2) is 8.06. The van der Waals surface area contributed by atoms with Crippen molar-refractivity contribution in [2.24, 2.45) is 0 Å². The maximum absolute atomic E-state index is 6.02. The number of benzene rings is 2. The van der Waals surface area contributed by atoms with Gasteiger partial charge in [-0.25, -0.2) is 0 Å². The number of aromatic nitrogens is 2. The Hall–Kier alpha value is -1.49. The van der Waals surface area contributed by atoms with Gasteiger partial charge in [0.1, 0.15) is 0 Å². The highest BCUT2D eigenvalue weighted by atomic mass is 35.5. The van der Waals surface area contributed by atoms with E-state index < -0.39 is 0 Å². The van der Waals surface area contributed by atoms with E-state index in [0.29, 0.717) is 21.8 Å². The quantitative estimate of drug-likeness (QED) is 0.505. The van der Waals surface area contributed by atoms with E-state index in [2.05, 4.69) is 10.1 Å². The highest BCUT2D eigenvalue weighted by Gasteiger charge is 2.08. The molecule has 2 aromatic carbocycles. The van der Waals surface area contributed by atoms with Gasteiger partial charge < -0.3 is 4.52 Å². The summed E-state index contributed by atoms with van der Waals surface area (Å²) in [6, 6.07) is 13.8. The van der Waals surface area contributed by atoms with Crippen LogP contribution in [-0.2, 0) is 12.2 Å². The number of hydrogen-bond donors (Lipinski definition) is 0. The molecule has 3 rings (SSSR count). The van der Waals surface area contributed by atoms with Crippen LogP contribution in [0.3, 0.4) is 0 Å². The molecule has 3 aromatic rings. The number of thioether (sulfide) groups is 1. The summed E-state index contributed by atoms with van der Waals surface area (Å²) in [4.78, 5) is 4.46. The SMILES string of the molecule is Cc1cccc(-c2noc(CCSCc3ccc(Cl)c(Cl)c3)n2)c1. The van der Waals surface area contributed by atoms with Gasteiger partial charge in [0.05, 0.1) is 10.0 Å². The van der Waals surface area contributed by atoms with Gasteiger partial charge in [-0.1, -0.05) is 58.2 Å². The zero-order valence-corrected chi connectivity index (χ0v) is 15.5. The molecule has 1 heterocycles. The summed E-state index contributed by atoms with van der Waals surface area (Å²) in [6.45, 7) is 2.05. The van der Waals surface area contributed by atoms with Crippen LogP contribution in [0.25, 0.3) is 11.4 Å². The van der Waals surface area contributed by atoms with Crippen molar-refractivity contribution < 1.29 is 4.52 Å². The van der Waals surface area contributed by atoms with Crippen molar-refractivity contribution in [2.75, 3.05) is 5.75 Å². The molecule has 0 spiro atoms. The third-order valence-corrected chi connectivity index (χ3v) is 5.23. The molecule has 0 amide bonds. The van der Waals surface area contributed by atoms with Crippen LogP contribution in [0.1, 0.15) is 17.0 Å². The zero-order chi connectivity index (χ0) is 16.9. The lowest BCUT2D eigenvalue weighted by molar-refractivity contribution is 0.383. The molecule has 0 atom stereocenters. The summed E-state index contributed by atoms with van der Waals surface area (Å²) < 4.78 is 5.33. The smallest absolute Gasteiger partial charge is 0.227 e. The summed E-state index contributed by atoms with van der Waals surface area (Å²) in [6.07, 6.45) is 0.741. The molecule has 0 aliphatic heterocycles. The maximum Gasteiger partial charge on any atom is 0.227 e. The second-order valence-electron chi connectivity index (χ2n) is 5.43. The van der Waals surface area contributed by atoms with Crippen molar-refractivity contribution in [1.82, 2.24) is 10.1 Å². The van der Waals surface area contributed by atoms with Crippen LogP contribution in [0.15, 0.2) is 47.0 Å². The Morgan fingerprint density at radius 3 is 2.75 bits per heavy atom. The first-order chi connectivity index (χ1) is 11.6. The van der Waals surface area contributed by atoms with Gasteiger partial charge in [-0.2, -0.15) is 16.7 Å². The average Bonchev–Trinajstić information content (AvgIpc) is 3.04. The van der Waals surface area contributed by atoms with Crippen LogP contribution in [0, 0.1) is 6.92 Å². The van der Waals surface area contributed by atoms with Gasteiger partial charge in [0.25, 0.3) is 0 Å². The molecule has 0 unspecified atom stereocenters. The van der Waals surface area contributed by atoms with Crippen molar-refractivity contribution in [1.29, 1.82) is 0 Å². The van der Waals surface area contributed by atoms with E-state index in [4.69, 9.17) is 27.7 Å². The van der Waals surface area contributed by atoms with Crippen LogP contribution in [0.4, 0.5) is 0 Å². The van der Waals surface area contributed by atoms with E-state index in [-0.39, 0.29) is 0 Å². The molecule has 6 heteroatoms. The Balaban J connectivity index is 1.51. The van der Waals surface area contributed by atoms with Crippen LogP contribution in [0.2, 0.25) is 10.0 Å². The van der Waals surface area contributed by atoms with Crippen molar-refractivity contribution in [2.45, 2.75) is 19.1 Å². The maximum atomic E-state index is 6.02. The third kappa shape index (κ3) is 4.53. The molecule has 0 fully saturated rings. The summed E-state index contributed by atoms with van der Waals surface area (Å²) in [7, 11) is 0. The Morgan fingerprint density at radius 1 is 1.08 bits per heavy atom. The fourth-order valence-electron chi connectivity index (χ4n) is 2.24. The molecule has 0 bridgehead atoms. The van der Waals surface area contributed by atoms with Crippen molar-refractivity contribution in [3.8, 4) is 11.4 Å². The minimum Gasteiger partial charge on any atom is -0.339 e. The van der Waals surface area contributed by atoms with Gasteiger partial charge in [0.15, 0.2) is 0 Å². The molecule has 0 aliphatic carbocycles. The van der Waals surface area contributed by atoms with Gasteiger partial charge in [-0.15, -0.1) is 0 Å². The molecule has 1 aromatic heterocycles. The Bertz CT molecular complexity index is 835. The Labute approximate surface area is 155 Å². The lowest BCUT2D eigenvalue weighted by Crippen LogP contribution is -1.90. The number of hydrogen-bond acceptors (Lipinski definition) is 4. The van der Waals surface area contributed by atoms with Crippen molar-refractivity contribution in [3.63, 3.8) is 0 Å². The number of halogens is 2. The van der Waals surface area contributed by atoms with E-state index in [1.165, 1.54) is 5.56 Å². The Morgan fingerprint density at radius 2 is 1.96 bits per heavy atom. The van der Waals surface area contributed by atoms with Gasteiger partial charge in [0.2, 0.25) is 11.7 Å². The summed E-state index contributed by atoms with van der Waals surface area (Å²) in [5, 5.41) is 5.23. The summed E-state index contributed by atoms with van der Waals surface area (Å²) >= 11 is 13.7. The molecule has 124 valence electrons. The normalized spacial score (nSPS) is 11.0. The molecule has 0 N–H and O–H groups in total.